The molecule has 0 spiro atoms. The molecule has 0 aliphatic rings. The standard InChI is InChI=1S/C19H23NO4S/c1-11-6-7-15(14(20)8-11)24-12(2)19(21)13-9-17(23-4)18(25-5)10-16(13)22-3/h6-10,12H,20H2,1-5H3. The van der Waals surface area contributed by atoms with Crippen molar-refractivity contribution in [3.63, 3.8) is 0 Å². The first-order valence-electron chi connectivity index (χ1n) is 7.78. The van der Waals surface area contributed by atoms with Gasteiger partial charge in [-0.25, -0.2) is 0 Å². The van der Waals surface area contributed by atoms with E-state index in [4.69, 9.17) is 19.9 Å². The predicted molar refractivity (Wildman–Crippen MR) is 101 cm³/mol. The third-order valence-corrected chi connectivity index (χ3v) is 4.57. The van der Waals surface area contributed by atoms with Crippen LogP contribution in [0, 0.1) is 6.92 Å². The SMILES string of the molecule is COc1cc(C(=O)C(C)Oc2ccc(C)cc2N)c(OC)cc1SC. The first kappa shape index (κ1) is 19.0. The number of carbonyl (C=O) groups excluding carboxylic acids is 1. The van der Waals surface area contributed by atoms with Crippen LogP contribution < -0.4 is 19.9 Å². The van der Waals surface area contributed by atoms with Crippen molar-refractivity contribution < 1.29 is 19.0 Å². The van der Waals surface area contributed by atoms with E-state index < -0.39 is 6.10 Å². The molecule has 25 heavy (non-hydrogen) atoms. The van der Waals surface area contributed by atoms with Gasteiger partial charge < -0.3 is 19.9 Å². The molecule has 0 aromatic heterocycles. The number of hydrogen-bond donors (Lipinski definition) is 1. The lowest BCUT2D eigenvalue weighted by Gasteiger charge is -2.18. The lowest BCUT2D eigenvalue weighted by molar-refractivity contribution is 0.0815. The van der Waals surface area contributed by atoms with Crippen LogP contribution in [0.15, 0.2) is 35.2 Å². The van der Waals surface area contributed by atoms with Crippen molar-refractivity contribution in [3.8, 4) is 17.2 Å². The molecule has 0 bridgehead atoms. The molecule has 5 nitrogen and oxygen atoms in total. The summed E-state index contributed by atoms with van der Waals surface area (Å²) in [5, 5.41) is 0. The van der Waals surface area contributed by atoms with Gasteiger partial charge in [0.15, 0.2) is 6.10 Å². The molecule has 0 amide bonds. The Morgan fingerprint density at radius 3 is 2.32 bits per heavy atom. The number of aryl methyl sites for hydroxylation is 1. The topological polar surface area (TPSA) is 70.8 Å². The molecule has 1 unspecified atom stereocenters. The largest absolute Gasteiger partial charge is 0.496 e. The van der Waals surface area contributed by atoms with Crippen molar-refractivity contribution in [1.29, 1.82) is 0 Å². The Hall–Kier alpha value is -2.34. The molecule has 0 aliphatic carbocycles. The van der Waals surface area contributed by atoms with E-state index in [2.05, 4.69) is 0 Å². The average Bonchev–Trinajstić information content (AvgIpc) is 2.61. The number of Topliss-reactive ketones (excluding diaryl/α,β-unsaturated/α-hetero) is 1. The number of benzene rings is 2. The maximum absolute atomic E-state index is 12.9. The molecule has 1 atom stereocenters. The number of ketones is 1. The second-order valence-electron chi connectivity index (χ2n) is 5.57. The minimum atomic E-state index is -0.719. The van der Waals surface area contributed by atoms with Crippen molar-refractivity contribution in [3.05, 3.63) is 41.5 Å². The number of rotatable bonds is 7. The Kier molecular flexibility index (Phi) is 6.20. The number of nitrogen functional groups attached to an aromatic ring is 1. The minimum absolute atomic E-state index is 0.206. The van der Waals surface area contributed by atoms with Crippen LogP contribution in [-0.2, 0) is 0 Å². The molecule has 2 N–H and O–H groups in total. The summed E-state index contributed by atoms with van der Waals surface area (Å²) in [4.78, 5) is 13.8. The summed E-state index contributed by atoms with van der Waals surface area (Å²) in [6.07, 6.45) is 1.22. The Morgan fingerprint density at radius 1 is 1.08 bits per heavy atom. The maximum atomic E-state index is 12.9. The molecule has 2 rings (SSSR count). The fraction of sp³-hybridized carbons (Fsp3) is 0.316. The van der Waals surface area contributed by atoms with E-state index in [1.165, 1.54) is 18.9 Å². The van der Waals surface area contributed by atoms with E-state index in [0.717, 1.165) is 10.5 Å². The van der Waals surface area contributed by atoms with Gasteiger partial charge in [0.1, 0.15) is 17.2 Å². The van der Waals surface area contributed by atoms with Gasteiger partial charge in [0.05, 0.1) is 30.4 Å². The van der Waals surface area contributed by atoms with Gasteiger partial charge in [0.2, 0.25) is 5.78 Å². The second-order valence-corrected chi connectivity index (χ2v) is 6.42. The molecule has 6 heteroatoms. The fourth-order valence-corrected chi connectivity index (χ4v) is 3.03. The number of anilines is 1. The summed E-state index contributed by atoms with van der Waals surface area (Å²) in [7, 11) is 3.11. The number of hydrogen-bond acceptors (Lipinski definition) is 6. The number of thioether (sulfide) groups is 1. The maximum Gasteiger partial charge on any atom is 0.206 e. The Morgan fingerprint density at radius 2 is 1.76 bits per heavy atom. The highest BCUT2D eigenvalue weighted by Gasteiger charge is 2.23. The van der Waals surface area contributed by atoms with Crippen molar-refractivity contribution >= 4 is 23.2 Å². The molecule has 134 valence electrons. The minimum Gasteiger partial charge on any atom is -0.496 e. The van der Waals surface area contributed by atoms with Gasteiger partial charge >= 0.3 is 0 Å². The molecule has 0 radical (unpaired) electrons. The Labute approximate surface area is 152 Å². The summed E-state index contributed by atoms with van der Waals surface area (Å²) < 4.78 is 16.5. The van der Waals surface area contributed by atoms with E-state index in [-0.39, 0.29) is 5.78 Å². The summed E-state index contributed by atoms with van der Waals surface area (Å²) in [5.41, 5.74) is 7.91. The molecule has 0 heterocycles. The highest BCUT2D eigenvalue weighted by Crippen LogP contribution is 2.35. The summed E-state index contributed by atoms with van der Waals surface area (Å²) in [6, 6.07) is 8.95. The first-order chi connectivity index (χ1) is 11.9. The van der Waals surface area contributed by atoms with Gasteiger partial charge in [-0.1, -0.05) is 6.07 Å². The number of ether oxygens (including phenoxy) is 3. The molecule has 2 aromatic carbocycles. The zero-order chi connectivity index (χ0) is 18.6. The molecule has 0 saturated heterocycles. The third kappa shape index (κ3) is 4.20. The van der Waals surface area contributed by atoms with Crippen LogP contribution in [0.2, 0.25) is 0 Å². The summed E-state index contributed by atoms with van der Waals surface area (Å²) in [6.45, 7) is 3.63. The van der Waals surface area contributed by atoms with E-state index in [0.29, 0.717) is 28.5 Å². The zero-order valence-corrected chi connectivity index (χ0v) is 15.9. The third-order valence-electron chi connectivity index (χ3n) is 3.81. The lowest BCUT2D eigenvalue weighted by Crippen LogP contribution is -2.25. The lowest BCUT2D eigenvalue weighted by atomic mass is 10.1. The van der Waals surface area contributed by atoms with E-state index in [1.807, 2.05) is 25.3 Å². The quantitative estimate of drug-likeness (QED) is 0.457. The molecular weight excluding hydrogens is 338 g/mol. The van der Waals surface area contributed by atoms with Gasteiger partial charge in [-0.05, 0) is 49.9 Å². The zero-order valence-electron chi connectivity index (χ0n) is 15.1. The molecule has 0 aliphatic heterocycles. The van der Waals surface area contributed by atoms with Crippen LogP contribution in [-0.4, -0.2) is 32.4 Å². The molecular formula is C19H23NO4S. The summed E-state index contributed by atoms with van der Waals surface area (Å²) >= 11 is 1.52. The van der Waals surface area contributed by atoms with Gasteiger partial charge in [-0.3, -0.25) is 4.79 Å². The smallest absolute Gasteiger partial charge is 0.206 e. The highest BCUT2D eigenvalue weighted by atomic mass is 32.2. The van der Waals surface area contributed by atoms with Crippen LogP contribution in [0.5, 0.6) is 17.2 Å². The van der Waals surface area contributed by atoms with Crippen LogP contribution in [0.1, 0.15) is 22.8 Å². The van der Waals surface area contributed by atoms with Crippen LogP contribution in [0.25, 0.3) is 0 Å². The second kappa shape index (κ2) is 8.16. The summed E-state index contributed by atoms with van der Waals surface area (Å²) in [5.74, 6) is 1.39. The average molecular weight is 361 g/mol. The number of carbonyl (C=O) groups is 1. The van der Waals surface area contributed by atoms with Crippen molar-refractivity contribution in [2.24, 2.45) is 0 Å². The van der Waals surface area contributed by atoms with Crippen LogP contribution in [0.3, 0.4) is 0 Å². The Balaban J connectivity index is 2.32. The van der Waals surface area contributed by atoms with Gasteiger partial charge in [0, 0.05) is 0 Å². The van der Waals surface area contributed by atoms with Gasteiger partial charge in [-0.2, -0.15) is 0 Å². The fourth-order valence-electron chi connectivity index (χ4n) is 2.46. The van der Waals surface area contributed by atoms with E-state index in [1.54, 1.807) is 32.2 Å². The normalized spacial score (nSPS) is 11.7. The van der Waals surface area contributed by atoms with Crippen LogP contribution >= 0.6 is 11.8 Å². The monoisotopic (exact) mass is 361 g/mol. The van der Waals surface area contributed by atoms with Gasteiger partial charge in [-0.15, -0.1) is 11.8 Å². The molecule has 0 fully saturated rings. The van der Waals surface area contributed by atoms with Crippen molar-refractivity contribution in [2.45, 2.75) is 24.8 Å². The number of nitrogens with two attached hydrogens (primary N) is 1. The number of methoxy groups -OCH3 is 2. The van der Waals surface area contributed by atoms with Crippen LogP contribution in [0.4, 0.5) is 5.69 Å². The van der Waals surface area contributed by atoms with Crippen molar-refractivity contribution in [1.82, 2.24) is 0 Å². The highest BCUT2D eigenvalue weighted by molar-refractivity contribution is 7.98. The predicted octanol–water partition coefficient (Wildman–Crippen LogP) is 3.97. The Bertz CT molecular complexity index is 776. The molecule has 2 aromatic rings. The first-order valence-corrected chi connectivity index (χ1v) is 9.00. The van der Waals surface area contributed by atoms with E-state index >= 15 is 0 Å². The van der Waals surface area contributed by atoms with Crippen molar-refractivity contribution in [2.75, 3.05) is 26.2 Å². The van der Waals surface area contributed by atoms with Gasteiger partial charge in [0.25, 0.3) is 0 Å². The molecule has 0 saturated carbocycles. The van der Waals surface area contributed by atoms with E-state index in [9.17, 15) is 4.79 Å².